The van der Waals surface area contributed by atoms with E-state index < -0.39 is 6.10 Å². The number of hydrogen-bond donors (Lipinski definition) is 1. The van der Waals surface area contributed by atoms with E-state index >= 15 is 0 Å². The van der Waals surface area contributed by atoms with Gasteiger partial charge < -0.3 is 9.84 Å². The predicted octanol–water partition coefficient (Wildman–Crippen LogP) is 3.49. The fourth-order valence-electron chi connectivity index (χ4n) is 2.12. The highest BCUT2D eigenvalue weighted by molar-refractivity contribution is 7.10. The molecular formula is C17H23NO2S. The monoisotopic (exact) mass is 305 g/mol. The van der Waals surface area contributed by atoms with Crippen molar-refractivity contribution in [2.75, 3.05) is 20.2 Å². The SMILES string of the molecule is Cc1ccc(OCC(O)CN(C)C(C)c2cccs2)cc1. The van der Waals surface area contributed by atoms with Gasteiger partial charge in [0.1, 0.15) is 18.5 Å². The summed E-state index contributed by atoms with van der Waals surface area (Å²) in [5.41, 5.74) is 1.20. The predicted molar refractivity (Wildman–Crippen MR) is 88.0 cm³/mol. The van der Waals surface area contributed by atoms with E-state index in [-0.39, 0.29) is 0 Å². The van der Waals surface area contributed by atoms with Crippen molar-refractivity contribution in [3.63, 3.8) is 0 Å². The molecule has 1 aromatic carbocycles. The second-order valence-corrected chi connectivity index (χ2v) is 6.39. The molecule has 2 atom stereocenters. The van der Waals surface area contributed by atoms with E-state index in [0.717, 1.165) is 5.75 Å². The molecule has 0 aliphatic rings. The minimum absolute atomic E-state index is 0.305. The molecule has 0 aliphatic heterocycles. The van der Waals surface area contributed by atoms with Gasteiger partial charge >= 0.3 is 0 Å². The normalized spacial score (nSPS) is 14.1. The van der Waals surface area contributed by atoms with E-state index in [0.29, 0.717) is 19.2 Å². The molecule has 3 nitrogen and oxygen atoms in total. The maximum atomic E-state index is 10.1. The number of nitrogens with zero attached hydrogens (tertiary/aromatic N) is 1. The molecule has 21 heavy (non-hydrogen) atoms. The van der Waals surface area contributed by atoms with Crippen molar-refractivity contribution >= 4 is 11.3 Å². The van der Waals surface area contributed by atoms with Crippen LogP contribution < -0.4 is 4.74 Å². The van der Waals surface area contributed by atoms with Gasteiger partial charge in [0.25, 0.3) is 0 Å². The van der Waals surface area contributed by atoms with Crippen LogP contribution in [-0.4, -0.2) is 36.3 Å². The van der Waals surface area contributed by atoms with Crippen molar-refractivity contribution in [2.24, 2.45) is 0 Å². The molecule has 0 spiro atoms. The van der Waals surface area contributed by atoms with Gasteiger partial charge in [-0.15, -0.1) is 11.3 Å². The average molecular weight is 305 g/mol. The first-order valence-corrected chi connectivity index (χ1v) is 8.05. The molecule has 1 N–H and O–H groups in total. The number of likely N-dealkylation sites (N-methyl/N-ethyl adjacent to an activating group) is 1. The summed E-state index contributed by atoms with van der Waals surface area (Å²) in [6, 6.07) is 12.4. The molecule has 0 amide bonds. The number of hydrogen-bond acceptors (Lipinski definition) is 4. The summed E-state index contributed by atoms with van der Waals surface area (Å²) in [5.74, 6) is 0.800. The van der Waals surface area contributed by atoms with Crippen LogP contribution >= 0.6 is 11.3 Å². The van der Waals surface area contributed by atoms with Crippen molar-refractivity contribution in [3.05, 3.63) is 52.2 Å². The van der Waals surface area contributed by atoms with Crippen LogP contribution in [0.2, 0.25) is 0 Å². The highest BCUT2D eigenvalue weighted by Gasteiger charge is 2.16. The van der Waals surface area contributed by atoms with Crippen LogP contribution in [0.3, 0.4) is 0 Å². The Morgan fingerprint density at radius 1 is 1.24 bits per heavy atom. The molecule has 0 saturated carbocycles. The third-order valence-corrected chi connectivity index (χ3v) is 4.62. The summed E-state index contributed by atoms with van der Waals surface area (Å²) >= 11 is 1.74. The Hall–Kier alpha value is -1.36. The van der Waals surface area contributed by atoms with E-state index in [1.807, 2.05) is 38.2 Å². The zero-order chi connectivity index (χ0) is 15.2. The highest BCUT2D eigenvalue weighted by atomic mass is 32.1. The third kappa shape index (κ3) is 4.84. The third-order valence-electron chi connectivity index (χ3n) is 3.58. The van der Waals surface area contributed by atoms with Crippen LogP contribution in [0.15, 0.2) is 41.8 Å². The lowest BCUT2D eigenvalue weighted by molar-refractivity contribution is 0.0658. The van der Waals surface area contributed by atoms with Crippen LogP contribution in [0.4, 0.5) is 0 Å². The van der Waals surface area contributed by atoms with Crippen molar-refractivity contribution in [3.8, 4) is 5.75 Å². The summed E-state index contributed by atoms with van der Waals surface area (Å²) in [4.78, 5) is 3.46. The molecule has 0 radical (unpaired) electrons. The number of ether oxygens (including phenoxy) is 1. The Morgan fingerprint density at radius 2 is 1.95 bits per heavy atom. The molecule has 1 aromatic heterocycles. The van der Waals surface area contributed by atoms with Gasteiger partial charge in [-0.1, -0.05) is 23.8 Å². The molecule has 1 heterocycles. The van der Waals surface area contributed by atoms with Crippen LogP contribution in [0.1, 0.15) is 23.4 Å². The lowest BCUT2D eigenvalue weighted by atomic mass is 10.2. The topological polar surface area (TPSA) is 32.7 Å². The Balaban J connectivity index is 1.78. The van der Waals surface area contributed by atoms with Gasteiger partial charge in [0.2, 0.25) is 0 Å². The van der Waals surface area contributed by atoms with Crippen LogP contribution in [0, 0.1) is 6.92 Å². The molecule has 2 aromatic rings. The average Bonchev–Trinajstić information content (AvgIpc) is 3.00. The standard InChI is InChI=1S/C17H23NO2S/c1-13-6-8-16(9-7-13)20-12-15(19)11-18(3)14(2)17-5-4-10-21-17/h4-10,14-15,19H,11-12H2,1-3H3. The highest BCUT2D eigenvalue weighted by Crippen LogP contribution is 2.23. The molecule has 0 bridgehead atoms. The summed E-state index contributed by atoms with van der Waals surface area (Å²) < 4.78 is 5.62. The fraction of sp³-hybridized carbons (Fsp3) is 0.412. The molecule has 4 heteroatoms. The zero-order valence-electron chi connectivity index (χ0n) is 12.8. The van der Waals surface area contributed by atoms with Gasteiger partial charge in [0, 0.05) is 17.5 Å². The van der Waals surface area contributed by atoms with Gasteiger partial charge in [0.05, 0.1) is 0 Å². The van der Waals surface area contributed by atoms with E-state index in [4.69, 9.17) is 4.74 Å². The number of rotatable bonds is 7. The molecule has 0 fully saturated rings. The summed E-state index contributed by atoms with van der Waals surface area (Å²) in [7, 11) is 2.03. The van der Waals surface area contributed by atoms with Gasteiger partial charge in [-0.2, -0.15) is 0 Å². The van der Waals surface area contributed by atoms with E-state index in [9.17, 15) is 5.11 Å². The summed E-state index contributed by atoms with van der Waals surface area (Å²) in [6.45, 7) is 5.09. The Bertz CT molecular complexity index is 524. The number of thiophene rings is 1. The Kier molecular flexibility index (Phi) is 5.79. The molecular weight excluding hydrogens is 282 g/mol. The first-order valence-electron chi connectivity index (χ1n) is 7.17. The second kappa shape index (κ2) is 7.59. The Labute approximate surface area is 130 Å². The minimum Gasteiger partial charge on any atom is -0.491 e. The van der Waals surface area contributed by atoms with Gasteiger partial charge in [0.15, 0.2) is 0 Å². The summed E-state index contributed by atoms with van der Waals surface area (Å²) in [6.07, 6.45) is -0.501. The second-order valence-electron chi connectivity index (χ2n) is 5.41. The Morgan fingerprint density at radius 3 is 2.57 bits per heavy atom. The van der Waals surface area contributed by atoms with Crippen molar-refractivity contribution in [1.29, 1.82) is 0 Å². The first kappa shape index (κ1) is 16.0. The van der Waals surface area contributed by atoms with E-state index in [2.05, 4.69) is 29.3 Å². The summed E-state index contributed by atoms with van der Waals surface area (Å²) in [5, 5.41) is 12.2. The van der Waals surface area contributed by atoms with Crippen LogP contribution in [0.25, 0.3) is 0 Å². The molecule has 2 unspecified atom stereocenters. The van der Waals surface area contributed by atoms with Gasteiger partial charge in [-0.05, 0) is 44.5 Å². The molecule has 0 saturated heterocycles. The molecule has 114 valence electrons. The molecule has 2 rings (SSSR count). The largest absolute Gasteiger partial charge is 0.491 e. The quantitative estimate of drug-likeness (QED) is 0.850. The fourth-order valence-corrected chi connectivity index (χ4v) is 2.96. The first-order chi connectivity index (χ1) is 10.1. The number of aliphatic hydroxyl groups is 1. The van der Waals surface area contributed by atoms with E-state index in [1.54, 1.807) is 11.3 Å². The van der Waals surface area contributed by atoms with Crippen LogP contribution in [0.5, 0.6) is 5.75 Å². The maximum Gasteiger partial charge on any atom is 0.119 e. The zero-order valence-corrected chi connectivity index (χ0v) is 13.6. The molecule has 0 aliphatic carbocycles. The van der Waals surface area contributed by atoms with Crippen molar-refractivity contribution < 1.29 is 9.84 Å². The minimum atomic E-state index is -0.501. The smallest absolute Gasteiger partial charge is 0.119 e. The van der Waals surface area contributed by atoms with Gasteiger partial charge in [-0.3, -0.25) is 4.90 Å². The van der Waals surface area contributed by atoms with Crippen molar-refractivity contribution in [2.45, 2.75) is 26.0 Å². The van der Waals surface area contributed by atoms with Crippen LogP contribution in [-0.2, 0) is 0 Å². The maximum absolute atomic E-state index is 10.1. The number of benzene rings is 1. The lowest BCUT2D eigenvalue weighted by Gasteiger charge is -2.26. The van der Waals surface area contributed by atoms with E-state index in [1.165, 1.54) is 10.4 Å². The van der Waals surface area contributed by atoms with Crippen molar-refractivity contribution in [1.82, 2.24) is 4.90 Å². The number of aliphatic hydroxyl groups excluding tert-OH is 1. The number of aryl methyl sites for hydroxylation is 1. The lowest BCUT2D eigenvalue weighted by Crippen LogP contribution is -2.34. The van der Waals surface area contributed by atoms with Gasteiger partial charge in [-0.25, -0.2) is 0 Å².